The van der Waals surface area contributed by atoms with E-state index in [1.807, 2.05) is 17.5 Å². The minimum absolute atomic E-state index is 0.0364. The zero-order valence-corrected chi connectivity index (χ0v) is 18.0. The molecule has 0 spiro atoms. The number of thiazole rings is 2. The Bertz CT molecular complexity index is 1200. The van der Waals surface area contributed by atoms with Crippen molar-refractivity contribution in [3.63, 3.8) is 0 Å². The second-order valence-corrected chi connectivity index (χ2v) is 8.84. The Morgan fingerprint density at radius 3 is 2.60 bits per heavy atom. The molecule has 9 heteroatoms. The van der Waals surface area contributed by atoms with E-state index in [0.717, 1.165) is 15.6 Å². The van der Waals surface area contributed by atoms with Gasteiger partial charge < -0.3 is 11.1 Å². The van der Waals surface area contributed by atoms with Crippen LogP contribution in [0.4, 0.5) is 22.3 Å². The van der Waals surface area contributed by atoms with E-state index in [4.69, 9.17) is 5.73 Å². The number of aromatic nitrogens is 2. The zero-order chi connectivity index (χ0) is 21.3. The number of non-ortho nitro benzene ring substituents is 1. The quantitative estimate of drug-likeness (QED) is 0.271. The molecule has 30 heavy (non-hydrogen) atoms. The van der Waals surface area contributed by atoms with Gasteiger partial charge in [-0.25, -0.2) is 9.97 Å². The number of benzene rings is 2. The molecule has 4 aromatic rings. The third-order valence-electron chi connectivity index (χ3n) is 4.53. The van der Waals surface area contributed by atoms with Gasteiger partial charge in [0.05, 0.1) is 10.6 Å². The Labute approximate surface area is 181 Å². The van der Waals surface area contributed by atoms with Crippen LogP contribution in [0.25, 0.3) is 21.1 Å². The van der Waals surface area contributed by atoms with Crippen LogP contribution in [0.2, 0.25) is 0 Å². The van der Waals surface area contributed by atoms with E-state index < -0.39 is 4.92 Å². The number of nitrogen functional groups attached to an aromatic ring is 1. The molecule has 0 aliphatic carbocycles. The first-order valence-corrected chi connectivity index (χ1v) is 10.9. The van der Waals surface area contributed by atoms with Crippen LogP contribution in [-0.2, 0) is 0 Å². The van der Waals surface area contributed by atoms with E-state index in [2.05, 4.69) is 41.3 Å². The van der Waals surface area contributed by atoms with Crippen LogP contribution in [0.3, 0.4) is 0 Å². The van der Waals surface area contributed by atoms with E-state index >= 15 is 0 Å². The van der Waals surface area contributed by atoms with Gasteiger partial charge in [-0.05, 0) is 23.6 Å². The Kier molecular flexibility index (Phi) is 5.47. The van der Waals surface area contributed by atoms with Gasteiger partial charge in [0, 0.05) is 28.8 Å². The predicted octanol–water partition coefficient (Wildman–Crippen LogP) is 6.29. The number of nitro benzene ring substituents is 1. The zero-order valence-electron chi connectivity index (χ0n) is 16.3. The van der Waals surface area contributed by atoms with Gasteiger partial charge in [-0.2, -0.15) is 0 Å². The van der Waals surface area contributed by atoms with Crippen molar-refractivity contribution in [1.29, 1.82) is 0 Å². The summed E-state index contributed by atoms with van der Waals surface area (Å²) in [6.45, 7) is 4.32. The monoisotopic (exact) mass is 437 g/mol. The van der Waals surface area contributed by atoms with Crippen LogP contribution in [0.15, 0.2) is 53.9 Å². The van der Waals surface area contributed by atoms with Crippen molar-refractivity contribution in [2.75, 3.05) is 11.1 Å². The summed E-state index contributed by atoms with van der Waals surface area (Å²) in [5, 5.41) is 17.6. The fourth-order valence-corrected chi connectivity index (χ4v) is 4.74. The molecule has 0 aliphatic rings. The van der Waals surface area contributed by atoms with E-state index in [0.29, 0.717) is 28.1 Å². The fraction of sp³-hybridized carbons (Fsp3) is 0.143. The lowest BCUT2D eigenvalue weighted by Gasteiger charge is -2.07. The van der Waals surface area contributed by atoms with Gasteiger partial charge in [0.1, 0.15) is 15.7 Å². The maximum absolute atomic E-state index is 11.0. The summed E-state index contributed by atoms with van der Waals surface area (Å²) in [7, 11) is 0. The molecule has 0 amide bonds. The second kappa shape index (κ2) is 8.21. The third-order valence-corrected chi connectivity index (χ3v) is 6.52. The first-order valence-electron chi connectivity index (χ1n) is 9.24. The van der Waals surface area contributed by atoms with Crippen molar-refractivity contribution in [2.24, 2.45) is 0 Å². The fourth-order valence-electron chi connectivity index (χ4n) is 2.90. The summed E-state index contributed by atoms with van der Waals surface area (Å²) in [6, 6.07) is 14.7. The summed E-state index contributed by atoms with van der Waals surface area (Å²) in [6.07, 6.45) is 0. The van der Waals surface area contributed by atoms with Crippen molar-refractivity contribution < 1.29 is 4.92 Å². The highest BCUT2D eigenvalue weighted by molar-refractivity contribution is 7.23. The molecular weight excluding hydrogens is 418 g/mol. The van der Waals surface area contributed by atoms with Crippen molar-refractivity contribution in [2.45, 2.75) is 19.8 Å². The smallest absolute Gasteiger partial charge is 0.270 e. The molecule has 2 heterocycles. The van der Waals surface area contributed by atoms with E-state index in [1.54, 1.807) is 12.1 Å². The molecule has 2 aromatic carbocycles. The van der Waals surface area contributed by atoms with Crippen LogP contribution in [0.1, 0.15) is 25.3 Å². The number of hydrogen-bond acceptors (Lipinski definition) is 8. The molecule has 0 fully saturated rings. The maximum Gasteiger partial charge on any atom is 0.270 e. The molecule has 2 aromatic heterocycles. The van der Waals surface area contributed by atoms with Crippen LogP contribution in [0.5, 0.6) is 0 Å². The van der Waals surface area contributed by atoms with Gasteiger partial charge in [0.2, 0.25) is 0 Å². The largest absolute Gasteiger partial charge is 0.382 e. The molecule has 0 unspecified atom stereocenters. The molecule has 0 saturated carbocycles. The predicted molar refractivity (Wildman–Crippen MR) is 124 cm³/mol. The number of hydrogen-bond donors (Lipinski definition) is 2. The minimum atomic E-state index is -0.413. The van der Waals surface area contributed by atoms with Crippen molar-refractivity contribution in [3.8, 4) is 21.1 Å². The lowest BCUT2D eigenvalue weighted by Crippen LogP contribution is -1.92. The van der Waals surface area contributed by atoms with Crippen LogP contribution >= 0.6 is 22.7 Å². The molecule has 0 bridgehead atoms. The second-order valence-electron chi connectivity index (χ2n) is 6.98. The number of nitro groups is 1. The molecule has 7 nitrogen and oxygen atoms in total. The highest BCUT2D eigenvalue weighted by Gasteiger charge is 2.16. The summed E-state index contributed by atoms with van der Waals surface area (Å²) in [5.74, 6) is 0.882. The number of nitrogens with one attached hydrogen (secondary N) is 1. The number of rotatable bonds is 6. The summed E-state index contributed by atoms with van der Waals surface area (Å²) in [4.78, 5) is 20.4. The third kappa shape index (κ3) is 4.17. The van der Waals surface area contributed by atoms with Crippen LogP contribution in [0, 0.1) is 10.1 Å². The SMILES string of the molecule is CC(C)c1ccc(Nc2nc(N)c(-c3nc(-c4cccc([N+](=O)[O-])c4)cs3)s2)cc1. The van der Waals surface area contributed by atoms with Gasteiger partial charge in [-0.3, -0.25) is 10.1 Å². The van der Waals surface area contributed by atoms with E-state index in [-0.39, 0.29) is 5.69 Å². The first kappa shape index (κ1) is 20.0. The van der Waals surface area contributed by atoms with Gasteiger partial charge in [0.25, 0.3) is 5.69 Å². The Morgan fingerprint density at radius 1 is 1.13 bits per heavy atom. The summed E-state index contributed by atoms with van der Waals surface area (Å²) < 4.78 is 0. The first-order chi connectivity index (χ1) is 14.4. The number of nitrogens with two attached hydrogens (primary N) is 1. The lowest BCUT2D eigenvalue weighted by atomic mass is 10.0. The molecule has 152 valence electrons. The van der Waals surface area contributed by atoms with Crippen LogP contribution in [-0.4, -0.2) is 14.9 Å². The summed E-state index contributed by atoms with van der Waals surface area (Å²) >= 11 is 2.86. The average Bonchev–Trinajstić information content (AvgIpc) is 3.35. The van der Waals surface area contributed by atoms with E-state index in [9.17, 15) is 10.1 Å². The number of nitrogens with zero attached hydrogens (tertiary/aromatic N) is 3. The molecular formula is C21H19N5O2S2. The van der Waals surface area contributed by atoms with Gasteiger partial charge in [-0.15, -0.1) is 11.3 Å². The van der Waals surface area contributed by atoms with Crippen molar-refractivity contribution >= 4 is 45.0 Å². The Morgan fingerprint density at radius 2 is 1.90 bits per heavy atom. The highest BCUT2D eigenvalue weighted by Crippen LogP contribution is 2.39. The topological polar surface area (TPSA) is 107 Å². The minimum Gasteiger partial charge on any atom is -0.382 e. The lowest BCUT2D eigenvalue weighted by molar-refractivity contribution is -0.384. The van der Waals surface area contributed by atoms with Gasteiger partial charge >= 0.3 is 0 Å². The van der Waals surface area contributed by atoms with Crippen molar-refractivity contribution in [1.82, 2.24) is 9.97 Å². The average molecular weight is 438 g/mol. The van der Waals surface area contributed by atoms with Crippen molar-refractivity contribution in [3.05, 3.63) is 69.6 Å². The Balaban J connectivity index is 1.56. The highest BCUT2D eigenvalue weighted by atomic mass is 32.1. The standard InChI is InChI=1S/C21H19N5O2S2/c1-12(2)13-6-8-15(9-7-13)23-21-25-19(22)18(30-21)20-24-17(11-29-20)14-4-3-5-16(10-14)26(27)28/h3-12H,22H2,1-2H3,(H,23,25). The maximum atomic E-state index is 11.0. The van der Waals surface area contributed by atoms with Crippen LogP contribution < -0.4 is 11.1 Å². The van der Waals surface area contributed by atoms with Gasteiger partial charge in [-0.1, -0.05) is 49.4 Å². The normalized spacial score (nSPS) is 11.0. The molecule has 3 N–H and O–H groups in total. The molecule has 4 rings (SSSR count). The molecule has 0 atom stereocenters. The molecule has 0 radical (unpaired) electrons. The molecule has 0 saturated heterocycles. The summed E-state index contributed by atoms with van der Waals surface area (Å²) in [5.41, 5.74) is 9.76. The Hall–Kier alpha value is -3.30. The van der Waals surface area contributed by atoms with E-state index in [1.165, 1.54) is 40.4 Å². The molecule has 0 aliphatic heterocycles. The number of anilines is 3. The van der Waals surface area contributed by atoms with Gasteiger partial charge in [0.15, 0.2) is 5.13 Å².